The minimum absolute atomic E-state index is 0.00513. The van der Waals surface area contributed by atoms with E-state index in [1.54, 1.807) is 0 Å². The van der Waals surface area contributed by atoms with E-state index in [2.05, 4.69) is 0 Å². The van der Waals surface area contributed by atoms with Crippen molar-refractivity contribution in [1.82, 2.24) is 0 Å². The van der Waals surface area contributed by atoms with Crippen LogP contribution in [0.3, 0.4) is 0 Å². The number of phenols is 1. The van der Waals surface area contributed by atoms with Gasteiger partial charge in [0.15, 0.2) is 0 Å². The molecule has 0 aliphatic rings. The number of aryl methyl sites for hydroxylation is 1. The summed E-state index contributed by atoms with van der Waals surface area (Å²) in [5.74, 6) is -2.96. The first-order valence-corrected chi connectivity index (χ1v) is 11.0. The van der Waals surface area contributed by atoms with Crippen LogP contribution in [-0.4, -0.2) is 5.11 Å². The van der Waals surface area contributed by atoms with Crippen LogP contribution in [0.15, 0.2) is 24.3 Å². The second kappa shape index (κ2) is 9.32. The van der Waals surface area contributed by atoms with Gasteiger partial charge in [-0.3, -0.25) is 0 Å². The Hall–Kier alpha value is -2.24. The molecule has 0 spiro atoms. The van der Waals surface area contributed by atoms with Crippen LogP contribution in [0, 0.1) is 11.6 Å². The second-order valence-electron chi connectivity index (χ2n) is 10.4. The summed E-state index contributed by atoms with van der Waals surface area (Å²) in [6.45, 7) is 13.0. The van der Waals surface area contributed by atoms with Crippen LogP contribution < -0.4 is 4.74 Å². The third-order valence-corrected chi connectivity index (χ3v) is 5.41. The summed E-state index contributed by atoms with van der Waals surface area (Å²) in [7, 11) is 0. The number of hydrogen-bond acceptors (Lipinski definition) is 2. The number of aromatic hydroxyl groups is 1. The average Bonchev–Trinajstić information content (AvgIpc) is 2.60. The zero-order chi connectivity index (χ0) is 24.5. The van der Waals surface area contributed by atoms with E-state index < -0.39 is 34.1 Å². The molecule has 0 aliphatic carbocycles. The SMILES string of the molecule is CCCCCc1cc(F)c(C(F)(F)Oc2cc(C(C)(C)C)c(O)c(C(C)(C)C)c2)c(F)c1. The molecule has 2 aromatic carbocycles. The molecule has 1 N–H and O–H groups in total. The molecule has 6 heteroatoms. The first-order chi connectivity index (χ1) is 14.6. The number of benzene rings is 2. The molecule has 0 saturated heterocycles. The normalized spacial score (nSPS) is 12.8. The highest BCUT2D eigenvalue weighted by Gasteiger charge is 2.42. The molecule has 2 rings (SSSR count). The molecule has 0 radical (unpaired) electrons. The van der Waals surface area contributed by atoms with Crippen molar-refractivity contribution in [2.75, 3.05) is 0 Å². The molecule has 0 aromatic heterocycles. The first kappa shape index (κ1) is 26.0. The van der Waals surface area contributed by atoms with Crippen LogP contribution in [0.2, 0.25) is 0 Å². The van der Waals surface area contributed by atoms with Gasteiger partial charge in [-0.05, 0) is 53.5 Å². The third-order valence-electron chi connectivity index (χ3n) is 5.41. The maximum absolute atomic E-state index is 15.0. The summed E-state index contributed by atoms with van der Waals surface area (Å²) >= 11 is 0. The van der Waals surface area contributed by atoms with Crippen molar-refractivity contribution in [3.63, 3.8) is 0 Å². The maximum Gasteiger partial charge on any atom is 0.432 e. The molecule has 0 fully saturated rings. The molecule has 0 heterocycles. The largest absolute Gasteiger partial charge is 0.507 e. The van der Waals surface area contributed by atoms with E-state index in [-0.39, 0.29) is 11.5 Å². The number of ether oxygens (including phenoxy) is 1. The van der Waals surface area contributed by atoms with Crippen molar-refractivity contribution < 1.29 is 27.4 Å². The van der Waals surface area contributed by atoms with E-state index in [0.717, 1.165) is 31.4 Å². The van der Waals surface area contributed by atoms with E-state index in [9.17, 15) is 22.7 Å². The fraction of sp³-hybridized carbons (Fsp3) is 0.538. The van der Waals surface area contributed by atoms with Gasteiger partial charge in [-0.25, -0.2) is 8.78 Å². The molecular formula is C26H34F4O2. The number of hydrogen-bond donors (Lipinski definition) is 1. The molecule has 2 nitrogen and oxygen atoms in total. The Morgan fingerprint density at radius 1 is 0.812 bits per heavy atom. The molecule has 32 heavy (non-hydrogen) atoms. The third kappa shape index (κ3) is 5.96. The van der Waals surface area contributed by atoms with Crippen LogP contribution in [0.5, 0.6) is 11.5 Å². The monoisotopic (exact) mass is 454 g/mol. The second-order valence-corrected chi connectivity index (χ2v) is 10.4. The van der Waals surface area contributed by atoms with Gasteiger partial charge >= 0.3 is 6.11 Å². The van der Waals surface area contributed by atoms with Crippen LogP contribution in [-0.2, 0) is 23.4 Å². The molecular weight excluding hydrogens is 420 g/mol. The highest BCUT2D eigenvalue weighted by atomic mass is 19.3. The Morgan fingerprint density at radius 2 is 1.28 bits per heavy atom. The Bertz CT molecular complexity index is 895. The van der Waals surface area contributed by atoms with E-state index in [0.29, 0.717) is 23.1 Å². The van der Waals surface area contributed by atoms with E-state index in [4.69, 9.17) is 4.74 Å². The molecule has 0 atom stereocenters. The van der Waals surface area contributed by atoms with Crippen molar-refractivity contribution in [3.8, 4) is 11.5 Å². The summed E-state index contributed by atoms with van der Waals surface area (Å²) in [4.78, 5) is 0. The van der Waals surface area contributed by atoms with Gasteiger partial charge in [0.2, 0.25) is 0 Å². The summed E-state index contributed by atoms with van der Waals surface area (Å²) in [6.07, 6.45) is -1.28. The minimum Gasteiger partial charge on any atom is -0.507 e. The Labute approximate surface area is 188 Å². The number of phenolic OH excluding ortho intramolecular Hbond substituents is 1. The van der Waals surface area contributed by atoms with Crippen molar-refractivity contribution in [1.29, 1.82) is 0 Å². The van der Waals surface area contributed by atoms with Crippen LogP contribution in [0.4, 0.5) is 17.6 Å². The summed E-state index contributed by atoms with van der Waals surface area (Å²) in [6, 6.07) is 4.49. The van der Waals surface area contributed by atoms with Gasteiger partial charge in [0.05, 0.1) is 0 Å². The molecule has 0 aliphatic heterocycles. The van der Waals surface area contributed by atoms with Gasteiger partial charge < -0.3 is 9.84 Å². The number of alkyl halides is 2. The van der Waals surface area contributed by atoms with Crippen LogP contribution >= 0.6 is 0 Å². The summed E-state index contributed by atoms with van der Waals surface area (Å²) in [5.41, 5.74) is -1.42. The molecule has 0 amide bonds. The smallest absolute Gasteiger partial charge is 0.432 e. The highest BCUT2D eigenvalue weighted by molar-refractivity contribution is 5.52. The predicted octanol–water partition coefficient (Wildman–Crippen LogP) is 8.13. The van der Waals surface area contributed by atoms with Crippen molar-refractivity contribution in [2.24, 2.45) is 0 Å². The number of halogens is 4. The van der Waals surface area contributed by atoms with Crippen molar-refractivity contribution in [3.05, 3.63) is 58.2 Å². The molecule has 0 bridgehead atoms. The van der Waals surface area contributed by atoms with Gasteiger partial charge in [0.1, 0.15) is 28.7 Å². The minimum atomic E-state index is -4.24. The standard InChI is InChI=1S/C26H34F4O2/c1-8-9-10-11-16-12-20(27)22(21(28)13-16)26(29,30)32-17-14-18(24(2,3)4)23(31)19(15-17)25(5,6)7/h12-15,31H,8-11H2,1-7H3. The van der Waals surface area contributed by atoms with Crippen LogP contribution in [0.25, 0.3) is 0 Å². The molecule has 2 aromatic rings. The van der Waals surface area contributed by atoms with Gasteiger partial charge in [0.25, 0.3) is 0 Å². The lowest BCUT2D eigenvalue weighted by atomic mass is 9.79. The number of rotatable bonds is 7. The molecule has 0 saturated carbocycles. The Kier molecular flexibility index (Phi) is 7.58. The average molecular weight is 455 g/mol. The lowest BCUT2D eigenvalue weighted by molar-refractivity contribution is -0.189. The van der Waals surface area contributed by atoms with Gasteiger partial charge in [-0.15, -0.1) is 0 Å². The van der Waals surface area contributed by atoms with Crippen LogP contribution in [0.1, 0.15) is 90.0 Å². The summed E-state index contributed by atoms with van der Waals surface area (Å²) < 4.78 is 64.0. The fourth-order valence-corrected chi connectivity index (χ4v) is 3.64. The van der Waals surface area contributed by atoms with E-state index in [1.807, 2.05) is 48.5 Å². The van der Waals surface area contributed by atoms with Crippen molar-refractivity contribution >= 4 is 0 Å². The van der Waals surface area contributed by atoms with Gasteiger partial charge in [-0.1, -0.05) is 61.3 Å². The lowest BCUT2D eigenvalue weighted by Gasteiger charge is -2.29. The van der Waals surface area contributed by atoms with E-state index in [1.165, 1.54) is 12.1 Å². The van der Waals surface area contributed by atoms with Gasteiger partial charge in [0, 0.05) is 11.1 Å². The Balaban J connectivity index is 2.50. The van der Waals surface area contributed by atoms with Gasteiger partial charge in [-0.2, -0.15) is 8.78 Å². The first-order valence-electron chi connectivity index (χ1n) is 11.0. The maximum atomic E-state index is 15.0. The van der Waals surface area contributed by atoms with Crippen molar-refractivity contribution in [2.45, 2.75) is 91.1 Å². The molecule has 178 valence electrons. The van der Waals surface area contributed by atoms with E-state index >= 15 is 0 Å². The Morgan fingerprint density at radius 3 is 1.69 bits per heavy atom. The zero-order valence-corrected chi connectivity index (χ0v) is 20.0. The number of unbranched alkanes of at least 4 members (excludes halogenated alkanes) is 2. The fourth-order valence-electron chi connectivity index (χ4n) is 3.64. The highest BCUT2D eigenvalue weighted by Crippen LogP contribution is 2.44. The topological polar surface area (TPSA) is 29.5 Å². The quantitative estimate of drug-likeness (QED) is 0.338. The predicted molar refractivity (Wildman–Crippen MR) is 120 cm³/mol. The lowest BCUT2D eigenvalue weighted by Crippen LogP contribution is -2.26. The zero-order valence-electron chi connectivity index (χ0n) is 20.0. The molecule has 0 unspecified atom stereocenters. The summed E-state index contributed by atoms with van der Waals surface area (Å²) in [5, 5.41) is 10.7.